The lowest BCUT2D eigenvalue weighted by Gasteiger charge is -2.42. The Kier molecular flexibility index (Phi) is 4.75. The van der Waals surface area contributed by atoms with Gasteiger partial charge in [-0.2, -0.15) is 0 Å². The fourth-order valence-corrected chi connectivity index (χ4v) is 6.47. The molecule has 3 fully saturated rings. The van der Waals surface area contributed by atoms with Crippen LogP contribution in [-0.2, 0) is 6.42 Å². The predicted molar refractivity (Wildman–Crippen MR) is 137 cm³/mol. The maximum atomic E-state index is 6.38. The Morgan fingerprint density at radius 3 is 2.50 bits per heavy atom. The second-order valence-corrected chi connectivity index (χ2v) is 10.2. The number of rotatable bonds is 4. The van der Waals surface area contributed by atoms with E-state index in [0.29, 0.717) is 5.71 Å². The van der Waals surface area contributed by atoms with Gasteiger partial charge in [0.2, 0.25) is 5.71 Å². The third kappa shape index (κ3) is 3.42. The fourth-order valence-electron chi connectivity index (χ4n) is 6.47. The van der Waals surface area contributed by atoms with Gasteiger partial charge in [-0.25, -0.2) is 4.98 Å². The Bertz CT molecular complexity index is 1480. The number of hydrogen-bond acceptors (Lipinski definition) is 3. The van der Waals surface area contributed by atoms with Crippen molar-refractivity contribution in [2.45, 2.75) is 38.5 Å². The van der Waals surface area contributed by atoms with Gasteiger partial charge in [-0.15, -0.1) is 0 Å². The lowest BCUT2D eigenvalue weighted by atomic mass is 9.63. The average Bonchev–Trinajstić information content (AvgIpc) is 3.28. The molecule has 5 aromatic rings. The Balaban J connectivity index is 1.26. The summed E-state index contributed by atoms with van der Waals surface area (Å²) in [6.07, 6.45) is 10.3. The van der Waals surface area contributed by atoms with E-state index >= 15 is 0 Å². The number of fused-ring (bicyclic) bond motifs is 6. The van der Waals surface area contributed by atoms with Gasteiger partial charge < -0.3 is 4.42 Å². The van der Waals surface area contributed by atoms with Gasteiger partial charge in [0, 0.05) is 28.1 Å². The maximum absolute atomic E-state index is 6.38. The van der Waals surface area contributed by atoms with Crippen molar-refractivity contribution in [2.75, 3.05) is 0 Å². The minimum absolute atomic E-state index is 0.679. The summed E-state index contributed by atoms with van der Waals surface area (Å²) in [7, 11) is 0. The van der Waals surface area contributed by atoms with E-state index in [4.69, 9.17) is 14.4 Å². The molecule has 0 spiro atoms. The predicted octanol–water partition coefficient (Wildman–Crippen LogP) is 8.08. The molecule has 1 unspecified atom stereocenters. The van der Waals surface area contributed by atoms with Gasteiger partial charge in [0.1, 0.15) is 5.58 Å². The molecule has 0 radical (unpaired) electrons. The van der Waals surface area contributed by atoms with E-state index < -0.39 is 0 Å². The van der Waals surface area contributed by atoms with Crippen molar-refractivity contribution in [1.29, 1.82) is 0 Å². The smallest absolute Gasteiger partial charge is 0.227 e. The number of hydrogen-bond donors (Lipinski definition) is 0. The summed E-state index contributed by atoms with van der Waals surface area (Å²) < 4.78 is 6.38. The van der Waals surface area contributed by atoms with Crippen LogP contribution in [0.3, 0.4) is 0 Å². The summed E-state index contributed by atoms with van der Waals surface area (Å²) in [6.45, 7) is 0. The van der Waals surface area contributed by atoms with Gasteiger partial charge >= 0.3 is 0 Å². The monoisotopic (exact) mass is 444 g/mol. The van der Waals surface area contributed by atoms with E-state index in [0.717, 1.165) is 56.6 Å². The van der Waals surface area contributed by atoms with Gasteiger partial charge in [-0.05, 0) is 79.3 Å². The molecule has 0 aliphatic heterocycles. The third-order valence-electron chi connectivity index (χ3n) is 8.23. The molecule has 3 aliphatic carbocycles. The number of nitrogens with zero attached hydrogens (tertiary/aromatic N) is 2. The molecular formula is C31H28N2O. The quantitative estimate of drug-likeness (QED) is 0.281. The van der Waals surface area contributed by atoms with E-state index in [1.807, 2.05) is 24.4 Å². The first-order valence-corrected chi connectivity index (χ1v) is 12.6. The maximum Gasteiger partial charge on any atom is 0.227 e. The minimum atomic E-state index is 0.679. The molecule has 0 amide bonds. The van der Waals surface area contributed by atoms with Gasteiger partial charge in [0.25, 0.3) is 0 Å². The van der Waals surface area contributed by atoms with E-state index in [2.05, 4.69) is 54.6 Å². The van der Waals surface area contributed by atoms with Crippen molar-refractivity contribution in [1.82, 2.24) is 9.97 Å². The third-order valence-corrected chi connectivity index (χ3v) is 8.23. The highest BCUT2D eigenvalue weighted by Crippen LogP contribution is 2.46. The van der Waals surface area contributed by atoms with Crippen LogP contribution in [0.25, 0.3) is 44.6 Å². The average molecular weight is 445 g/mol. The van der Waals surface area contributed by atoms with Crippen LogP contribution in [0.1, 0.15) is 37.7 Å². The van der Waals surface area contributed by atoms with E-state index in [1.54, 1.807) is 0 Å². The van der Waals surface area contributed by atoms with Crippen LogP contribution in [0.15, 0.2) is 83.4 Å². The van der Waals surface area contributed by atoms with Crippen LogP contribution in [0, 0.1) is 17.8 Å². The molecule has 8 rings (SSSR count). The molecular weight excluding hydrogens is 416 g/mol. The lowest BCUT2D eigenvalue weighted by Crippen LogP contribution is -2.32. The first-order chi connectivity index (χ1) is 16.8. The topological polar surface area (TPSA) is 38.9 Å². The van der Waals surface area contributed by atoms with Gasteiger partial charge in [0.05, 0.1) is 11.4 Å². The molecule has 3 heteroatoms. The zero-order valence-electron chi connectivity index (χ0n) is 19.3. The number of benzene rings is 2. The van der Waals surface area contributed by atoms with E-state index in [9.17, 15) is 0 Å². The normalized spacial score (nSPS) is 21.9. The van der Waals surface area contributed by atoms with Crippen molar-refractivity contribution >= 4 is 22.1 Å². The van der Waals surface area contributed by atoms with E-state index in [-0.39, 0.29) is 0 Å². The highest BCUT2D eigenvalue weighted by Gasteiger charge is 2.35. The first kappa shape index (κ1) is 20.0. The molecule has 3 aliphatic rings. The van der Waals surface area contributed by atoms with Gasteiger partial charge in [-0.1, -0.05) is 55.3 Å². The second-order valence-electron chi connectivity index (χ2n) is 10.2. The lowest BCUT2D eigenvalue weighted by molar-refractivity contribution is 0.0991. The molecule has 0 N–H and O–H groups in total. The van der Waals surface area contributed by atoms with Crippen molar-refractivity contribution in [3.63, 3.8) is 0 Å². The van der Waals surface area contributed by atoms with Crippen LogP contribution in [0.2, 0.25) is 0 Å². The summed E-state index contributed by atoms with van der Waals surface area (Å²) in [5, 5.41) is 2.14. The molecule has 3 nitrogen and oxygen atoms in total. The highest BCUT2D eigenvalue weighted by atomic mass is 16.3. The molecule has 2 aromatic carbocycles. The summed E-state index contributed by atoms with van der Waals surface area (Å²) in [5.74, 6) is 2.73. The number of aromatic nitrogens is 2. The van der Waals surface area contributed by atoms with Crippen LogP contribution in [0.5, 0.6) is 0 Å². The molecule has 1 atom stereocenters. The zero-order valence-corrected chi connectivity index (χ0v) is 19.3. The molecule has 2 bridgehead atoms. The Labute approximate surface area is 199 Å². The highest BCUT2D eigenvalue weighted by molar-refractivity contribution is 6.08. The van der Waals surface area contributed by atoms with Gasteiger partial charge in [0.15, 0.2) is 0 Å². The summed E-state index contributed by atoms with van der Waals surface area (Å²) in [4.78, 5) is 9.60. The van der Waals surface area contributed by atoms with Crippen LogP contribution < -0.4 is 0 Å². The van der Waals surface area contributed by atoms with Crippen LogP contribution in [-0.4, -0.2) is 9.97 Å². The molecule has 168 valence electrons. The molecule has 3 saturated carbocycles. The molecule has 34 heavy (non-hydrogen) atoms. The van der Waals surface area contributed by atoms with E-state index in [1.165, 1.54) is 44.1 Å². The Morgan fingerprint density at radius 1 is 0.794 bits per heavy atom. The molecule has 0 saturated heterocycles. The Hall–Kier alpha value is -3.46. The van der Waals surface area contributed by atoms with Crippen molar-refractivity contribution < 1.29 is 4.42 Å². The van der Waals surface area contributed by atoms with Crippen LogP contribution >= 0.6 is 0 Å². The molecule has 3 heterocycles. The standard InChI is InChI=1S/C31H28N2O/c1-2-5-23(6-3-1)28-14-13-26-25-7-4-8-27(30(25)34-31(26)33-28)29-19-21(15-16-32-29)18-24-17-20-9-11-22(24)12-10-20/h1-8,13-16,19-20,22,24H,9-12,17-18H2. The number of pyridine rings is 2. The largest absolute Gasteiger partial charge is 0.437 e. The summed E-state index contributed by atoms with van der Waals surface area (Å²) in [5.41, 5.74) is 7.01. The van der Waals surface area contributed by atoms with Crippen molar-refractivity contribution in [2.24, 2.45) is 17.8 Å². The van der Waals surface area contributed by atoms with Crippen LogP contribution in [0.4, 0.5) is 0 Å². The summed E-state index contributed by atoms with van der Waals surface area (Å²) >= 11 is 0. The fraction of sp³-hybridized carbons (Fsp3) is 0.290. The molecule has 3 aromatic heterocycles. The number of para-hydroxylation sites is 1. The first-order valence-electron chi connectivity index (χ1n) is 12.6. The minimum Gasteiger partial charge on any atom is -0.437 e. The SMILES string of the molecule is c1ccc(-c2ccc3c(n2)oc2c(-c4cc(CC5CC6CCC5CC6)ccn4)cccc23)cc1. The van der Waals surface area contributed by atoms with Crippen molar-refractivity contribution in [3.05, 3.63) is 84.6 Å². The second kappa shape index (κ2) is 8.09. The van der Waals surface area contributed by atoms with Gasteiger partial charge in [-0.3, -0.25) is 4.98 Å². The number of furan rings is 1. The van der Waals surface area contributed by atoms with Crippen molar-refractivity contribution in [3.8, 4) is 22.5 Å². The summed E-state index contributed by atoms with van der Waals surface area (Å²) in [6, 6.07) is 25.3. The Morgan fingerprint density at radius 2 is 1.68 bits per heavy atom. The zero-order chi connectivity index (χ0) is 22.5.